The fourth-order valence-electron chi connectivity index (χ4n) is 1.83. The zero-order chi connectivity index (χ0) is 13.6. The first-order valence-electron chi connectivity index (χ1n) is 6.81. The highest BCUT2D eigenvalue weighted by molar-refractivity contribution is 5.81. The summed E-state index contributed by atoms with van der Waals surface area (Å²) in [6.07, 6.45) is 2.17. The lowest BCUT2D eigenvalue weighted by molar-refractivity contribution is -0.124. The highest BCUT2D eigenvalue weighted by Gasteiger charge is 2.30. The maximum absolute atomic E-state index is 11.8. The molecule has 0 aromatic heterocycles. The van der Waals surface area contributed by atoms with E-state index >= 15 is 0 Å². The van der Waals surface area contributed by atoms with Crippen LogP contribution in [0.1, 0.15) is 40.0 Å². The standard InChI is InChI=1S/C13H26N2O3/c1-4-10(2)15-12(16)11(3)14-9-13(17)5-7-18-8-6-13/h10-11,14,17H,4-9H2,1-3H3,(H,15,16). The first-order chi connectivity index (χ1) is 8.47. The van der Waals surface area contributed by atoms with Gasteiger partial charge in [-0.2, -0.15) is 0 Å². The van der Waals surface area contributed by atoms with E-state index in [1.54, 1.807) is 0 Å². The topological polar surface area (TPSA) is 70.6 Å². The molecule has 0 bridgehead atoms. The first-order valence-corrected chi connectivity index (χ1v) is 6.81. The van der Waals surface area contributed by atoms with Crippen molar-refractivity contribution in [3.8, 4) is 0 Å². The number of aliphatic hydroxyl groups is 1. The Bertz CT molecular complexity index is 265. The summed E-state index contributed by atoms with van der Waals surface area (Å²) >= 11 is 0. The minimum absolute atomic E-state index is 0.0139. The predicted molar refractivity (Wildman–Crippen MR) is 70.4 cm³/mol. The fourth-order valence-corrected chi connectivity index (χ4v) is 1.83. The Kier molecular flexibility index (Phi) is 6.05. The SMILES string of the molecule is CCC(C)NC(=O)C(C)NCC1(O)CCOCC1. The minimum Gasteiger partial charge on any atom is -0.388 e. The highest BCUT2D eigenvalue weighted by Crippen LogP contribution is 2.19. The molecule has 0 aromatic carbocycles. The molecule has 5 heteroatoms. The van der Waals surface area contributed by atoms with Crippen LogP contribution < -0.4 is 10.6 Å². The second kappa shape index (κ2) is 7.07. The third-order valence-electron chi connectivity index (χ3n) is 3.56. The van der Waals surface area contributed by atoms with Gasteiger partial charge in [-0.1, -0.05) is 6.92 Å². The molecule has 0 saturated carbocycles. The fraction of sp³-hybridized carbons (Fsp3) is 0.923. The molecule has 1 amide bonds. The van der Waals surface area contributed by atoms with Crippen LogP contribution in [0.4, 0.5) is 0 Å². The summed E-state index contributed by atoms with van der Waals surface area (Å²) in [4.78, 5) is 11.8. The number of carbonyl (C=O) groups is 1. The maximum Gasteiger partial charge on any atom is 0.237 e. The average molecular weight is 258 g/mol. The number of ether oxygens (including phenoxy) is 1. The van der Waals surface area contributed by atoms with Crippen LogP contribution in [0, 0.1) is 0 Å². The van der Waals surface area contributed by atoms with Gasteiger partial charge in [-0.25, -0.2) is 0 Å². The zero-order valence-electron chi connectivity index (χ0n) is 11.7. The van der Waals surface area contributed by atoms with Gasteiger partial charge in [0.15, 0.2) is 0 Å². The van der Waals surface area contributed by atoms with Crippen molar-refractivity contribution in [2.45, 2.75) is 57.7 Å². The van der Waals surface area contributed by atoms with Crippen molar-refractivity contribution in [3.63, 3.8) is 0 Å². The number of rotatable bonds is 6. The van der Waals surface area contributed by atoms with Gasteiger partial charge in [0.1, 0.15) is 0 Å². The first kappa shape index (κ1) is 15.4. The molecule has 1 saturated heterocycles. The van der Waals surface area contributed by atoms with Gasteiger partial charge in [-0.15, -0.1) is 0 Å². The number of nitrogens with one attached hydrogen (secondary N) is 2. The Morgan fingerprint density at radius 3 is 2.56 bits per heavy atom. The summed E-state index contributed by atoms with van der Waals surface area (Å²) in [5, 5.41) is 16.3. The van der Waals surface area contributed by atoms with Crippen molar-refractivity contribution in [2.75, 3.05) is 19.8 Å². The largest absolute Gasteiger partial charge is 0.388 e. The van der Waals surface area contributed by atoms with Gasteiger partial charge in [0, 0.05) is 38.6 Å². The third-order valence-corrected chi connectivity index (χ3v) is 3.56. The Morgan fingerprint density at radius 1 is 1.39 bits per heavy atom. The molecule has 1 rings (SSSR count). The highest BCUT2D eigenvalue weighted by atomic mass is 16.5. The van der Waals surface area contributed by atoms with Gasteiger partial charge < -0.3 is 20.5 Å². The van der Waals surface area contributed by atoms with E-state index in [1.165, 1.54) is 0 Å². The lowest BCUT2D eigenvalue weighted by Gasteiger charge is -2.33. The van der Waals surface area contributed by atoms with Crippen LogP contribution in [0.25, 0.3) is 0 Å². The van der Waals surface area contributed by atoms with Crippen molar-refractivity contribution in [1.29, 1.82) is 0 Å². The summed E-state index contributed by atoms with van der Waals surface area (Å²) in [5.74, 6) is -0.0139. The summed E-state index contributed by atoms with van der Waals surface area (Å²) in [6, 6.07) is -0.0983. The summed E-state index contributed by atoms with van der Waals surface area (Å²) in [6.45, 7) is 7.45. The molecule has 2 unspecified atom stereocenters. The molecular weight excluding hydrogens is 232 g/mol. The molecular formula is C13H26N2O3. The van der Waals surface area contributed by atoms with Crippen molar-refractivity contribution >= 4 is 5.91 Å². The van der Waals surface area contributed by atoms with Gasteiger partial charge in [-0.3, -0.25) is 4.79 Å². The number of hydrogen-bond acceptors (Lipinski definition) is 4. The van der Waals surface area contributed by atoms with Gasteiger partial charge >= 0.3 is 0 Å². The minimum atomic E-state index is -0.733. The van der Waals surface area contributed by atoms with E-state index in [2.05, 4.69) is 10.6 Å². The van der Waals surface area contributed by atoms with Gasteiger partial charge in [0.25, 0.3) is 0 Å². The van der Waals surface area contributed by atoms with Gasteiger partial charge in [0.05, 0.1) is 11.6 Å². The van der Waals surface area contributed by atoms with Crippen LogP contribution in [-0.2, 0) is 9.53 Å². The van der Waals surface area contributed by atoms with E-state index in [1.807, 2.05) is 20.8 Å². The molecule has 1 heterocycles. The smallest absolute Gasteiger partial charge is 0.237 e. The molecule has 1 aliphatic heterocycles. The van der Waals surface area contributed by atoms with Crippen LogP contribution in [0.5, 0.6) is 0 Å². The molecule has 1 aliphatic rings. The van der Waals surface area contributed by atoms with Crippen molar-refractivity contribution in [1.82, 2.24) is 10.6 Å². The molecule has 3 N–H and O–H groups in total. The Balaban J connectivity index is 2.31. The summed E-state index contributed by atoms with van der Waals surface area (Å²) in [5.41, 5.74) is -0.733. The Morgan fingerprint density at radius 2 is 2.00 bits per heavy atom. The lowest BCUT2D eigenvalue weighted by atomic mass is 9.94. The summed E-state index contributed by atoms with van der Waals surface area (Å²) in [7, 11) is 0. The van der Waals surface area contributed by atoms with Crippen molar-refractivity contribution < 1.29 is 14.6 Å². The molecule has 5 nitrogen and oxygen atoms in total. The van der Waals surface area contributed by atoms with E-state index < -0.39 is 5.60 Å². The quantitative estimate of drug-likeness (QED) is 0.646. The third kappa shape index (κ3) is 4.92. The molecule has 0 aromatic rings. The Hall–Kier alpha value is -0.650. The number of hydrogen-bond donors (Lipinski definition) is 3. The van der Waals surface area contributed by atoms with E-state index in [-0.39, 0.29) is 18.0 Å². The van der Waals surface area contributed by atoms with Crippen molar-refractivity contribution in [3.05, 3.63) is 0 Å². The normalized spacial score (nSPS) is 22.2. The second-order valence-electron chi connectivity index (χ2n) is 5.26. The summed E-state index contributed by atoms with van der Waals surface area (Å²) < 4.78 is 5.22. The van der Waals surface area contributed by atoms with Crippen LogP contribution in [-0.4, -0.2) is 48.5 Å². The maximum atomic E-state index is 11.8. The van der Waals surface area contributed by atoms with Crippen molar-refractivity contribution in [2.24, 2.45) is 0 Å². The average Bonchev–Trinajstić information content (AvgIpc) is 2.36. The molecule has 0 spiro atoms. The number of carbonyl (C=O) groups excluding carboxylic acids is 1. The van der Waals surface area contributed by atoms with E-state index in [4.69, 9.17) is 4.74 Å². The van der Waals surface area contributed by atoms with Crippen LogP contribution >= 0.6 is 0 Å². The molecule has 106 valence electrons. The van der Waals surface area contributed by atoms with Gasteiger partial charge in [0.2, 0.25) is 5.91 Å². The second-order valence-corrected chi connectivity index (χ2v) is 5.26. The molecule has 0 aliphatic carbocycles. The molecule has 1 fully saturated rings. The molecule has 2 atom stereocenters. The van der Waals surface area contributed by atoms with E-state index in [0.717, 1.165) is 6.42 Å². The molecule has 0 radical (unpaired) electrons. The van der Waals surface area contributed by atoms with Gasteiger partial charge in [-0.05, 0) is 20.3 Å². The zero-order valence-corrected chi connectivity index (χ0v) is 11.7. The van der Waals surface area contributed by atoms with Crippen LogP contribution in [0.2, 0.25) is 0 Å². The molecule has 18 heavy (non-hydrogen) atoms. The predicted octanol–water partition coefficient (Wildman–Crippen LogP) is 0.421. The van der Waals surface area contributed by atoms with E-state index in [0.29, 0.717) is 32.6 Å². The Labute approximate surface area is 109 Å². The van der Waals surface area contributed by atoms with Crippen LogP contribution in [0.15, 0.2) is 0 Å². The van der Waals surface area contributed by atoms with E-state index in [9.17, 15) is 9.90 Å². The monoisotopic (exact) mass is 258 g/mol. The lowest BCUT2D eigenvalue weighted by Crippen LogP contribution is -2.52. The number of amides is 1. The van der Waals surface area contributed by atoms with Crippen LogP contribution in [0.3, 0.4) is 0 Å².